The SMILES string of the molecule is CC(=O)c1nc(N)oc1-c1ccccc1. The zero-order valence-electron chi connectivity index (χ0n) is 8.23. The predicted molar refractivity (Wildman–Crippen MR) is 56.4 cm³/mol. The minimum absolute atomic E-state index is 0.0130. The Labute approximate surface area is 86.7 Å². The van der Waals surface area contributed by atoms with Gasteiger partial charge in [0.2, 0.25) is 0 Å². The van der Waals surface area contributed by atoms with Crippen LogP contribution in [0.2, 0.25) is 0 Å². The number of hydrogen-bond acceptors (Lipinski definition) is 4. The molecule has 15 heavy (non-hydrogen) atoms. The van der Waals surface area contributed by atoms with E-state index in [9.17, 15) is 4.79 Å². The van der Waals surface area contributed by atoms with Crippen molar-refractivity contribution in [2.24, 2.45) is 0 Å². The molecule has 0 aliphatic carbocycles. The largest absolute Gasteiger partial charge is 0.423 e. The van der Waals surface area contributed by atoms with Crippen LogP contribution < -0.4 is 5.73 Å². The van der Waals surface area contributed by atoms with Gasteiger partial charge in [0.05, 0.1) is 0 Å². The fraction of sp³-hybridized carbons (Fsp3) is 0.0909. The van der Waals surface area contributed by atoms with E-state index in [0.717, 1.165) is 5.56 Å². The Bertz CT molecular complexity index is 489. The highest BCUT2D eigenvalue weighted by atomic mass is 16.4. The average molecular weight is 202 g/mol. The summed E-state index contributed by atoms with van der Waals surface area (Å²) >= 11 is 0. The van der Waals surface area contributed by atoms with Crippen LogP contribution in [0.5, 0.6) is 0 Å². The maximum Gasteiger partial charge on any atom is 0.293 e. The predicted octanol–water partition coefficient (Wildman–Crippen LogP) is 2.13. The Morgan fingerprint density at radius 3 is 2.60 bits per heavy atom. The van der Waals surface area contributed by atoms with E-state index in [1.54, 1.807) is 0 Å². The maximum atomic E-state index is 11.3. The normalized spacial score (nSPS) is 10.2. The molecule has 0 aliphatic rings. The quantitative estimate of drug-likeness (QED) is 0.757. The van der Waals surface area contributed by atoms with Crippen molar-refractivity contribution < 1.29 is 9.21 Å². The molecule has 0 saturated heterocycles. The summed E-state index contributed by atoms with van der Waals surface area (Å²) in [7, 11) is 0. The zero-order valence-corrected chi connectivity index (χ0v) is 8.23. The van der Waals surface area contributed by atoms with Gasteiger partial charge in [-0.15, -0.1) is 0 Å². The maximum absolute atomic E-state index is 11.3. The molecule has 0 spiro atoms. The van der Waals surface area contributed by atoms with Crippen molar-refractivity contribution in [1.29, 1.82) is 0 Å². The second-order valence-electron chi connectivity index (χ2n) is 3.15. The van der Waals surface area contributed by atoms with Crippen LogP contribution in [0, 0.1) is 0 Å². The summed E-state index contributed by atoms with van der Waals surface area (Å²) < 4.78 is 5.21. The van der Waals surface area contributed by atoms with Crippen molar-refractivity contribution in [3.63, 3.8) is 0 Å². The lowest BCUT2D eigenvalue weighted by atomic mass is 10.1. The number of nitrogens with zero attached hydrogens (tertiary/aromatic N) is 1. The van der Waals surface area contributed by atoms with E-state index in [-0.39, 0.29) is 17.5 Å². The fourth-order valence-corrected chi connectivity index (χ4v) is 1.36. The van der Waals surface area contributed by atoms with E-state index in [1.165, 1.54) is 6.92 Å². The monoisotopic (exact) mass is 202 g/mol. The first kappa shape index (κ1) is 9.45. The van der Waals surface area contributed by atoms with Gasteiger partial charge in [0.15, 0.2) is 17.2 Å². The molecule has 4 nitrogen and oxygen atoms in total. The molecule has 4 heteroatoms. The molecule has 0 unspecified atom stereocenters. The van der Waals surface area contributed by atoms with Gasteiger partial charge in [-0.3, -0.25) is 4.79 Å². The summed E-state index contributed by atoms with van der Waals surface area (Å²) in [6.45, 7) is 1.43. The van der Waals surface area contributed by atoms with Gasteiger partial charge in [0.1, 0.15) is 0 Å². The first-order valence-electron chi connectivity index (χ1n) is 4.51. The second kappa shape index (κ2) is 3.57. The molecule has 0 bridgehead atoms. The first-order valence-corrected chi connectivity index (χ1v) is 4.51. The molecule has 0 saturated carbocycles. The number of carbonyl (C=O) groups is 1. The van der Waals surface area contributed by atoms with Crippen LogP contribution in [0.3, 0.4) is 0 Å². The van der Waals surface area contributed by atoms with Crippen LogP contribution in [0.1, 0.15) is 17.4 Å². The zero-order chi connectivity index (χ0) is 10.8. The van der Waals surface area contributed by atoms with E-state index in [1.807, 2.05) is 30.3 Å². The number of aromatic nitrogens is 1. The van der Waals surface area contributed by atoms with Crippen molar-refractivity contribution in [3.8, 4) is 11.3 Å². The number of carbonyl (C=O) groups excluding carboxylic acids is 1. The van der Waals surface area contributed by atoms with Gasteiger partial charge >= 0.3 is 0 Å². The summed E-state index contributed by atoms with van der Waals surface area (Å²) in [4.78, 5) is 15.1. The van der Waals surface area contributed by atoms with Gasteiger partial charge in [0.25, 0.3) is 6.01 Å². The lowest BCUT2D eigenvalue weighted by Gasteiger charge is -1.96. The number of ketones is 1. The third-order valence-corrected chi connectivity index (χ3v) is 2.01. The second-order valence-corrected chi connectivity index (χ2v) is 3.15. The Hall–Kier alpha value is -2.10. The first-order chi connectivity index (χ1) is 7.18. The van der Waals surface area contributed by atoms with Crippen LogP contribution >= 0.6 is 0 Å². The molecule has 0 atom stereocenters. The average Bonchev–Trinajstić information content (AvgIpc) is 2.62. The van der Waals surface area contributed by atoms with Crippen LogP contribution in [0.15, 0.2) is 34.7 Å². The Kier molecular flexibility index (Phi) is 2.25. The molecule has 1 aromatic carbocycles. The van der Waals surface area contributed by atoms with Crippen LogP contribution in [-0.2, 0) is 0 Å². The van der Waals surface area contributed by atoms with Crippen LogP contribution in [-0.4, -0.2) is 10.8 Å². The molecule has 76 valence electrons. The number of rotatable bonds is 2. The van der Waals surface area contributed by atoms with Gasteiger partial charge in [-0.05, 0) is 0 Å². The highest BCUT2D eigenvalue weighted by molar-refractivity contribution is 5.97. The lowest BCUT2D eigenvalue weighted by Crippen LogP contribution is -1.95. The summed E-state index contributed by atoms with van der Waals surface area (Å²) in [6.07, 6.45) is 0. The number of anilines is 1. The molecule has 1 heterocycles. The number of benzene rings is 1. The molecule has 0 radical (unpaired) electrons. The van der Waals surface area contributed by atoms with E-state index >= 15 is 0 Å². The summed E-state index contributed by atoms with van der Waals surface area (Å²) in [5.41, 5.74) is 6.50. The highest BCUT2D eigenvalue weighted by Gasteiger charge is 2.16. The summed E-state index contributed by atoms with van der Waals surface area (Å²) in [5.74, 6) is 0.273. The standard InChI is InChI=1S/C11H10N2O2/c1-7(14)9-10(15-11(12)13-9)8-5-3-2-4-6-8/h2-6H,1H3,(H2,12,13). The van der Waals surface area contributed by atoms with Gasteiger partial charge in [0, 0.05) is 12.5 Å². The molecular weight excluding hydrogens is 192 g/mol. The Morgan fingerprint density at radius 2 is 2.00 bits per heavy atom. The van der Waals surface area contributed by atoms with Crippen molar-refractivity contribution in [2.75, 3.05) is 5.73 Å². The number of oxazole rings is 1. The van der Waals surface area contributed by atoms with E-state index in [0.29, 0.717) is 5.76 Å². The molecule has 0 fully saturated rings. The van der Waals surface area contributed by atoms with Crippen LogP contribution in [0.25, 0.3) is 11.3 Å². The Balaban J connectivity index is 2.58. The summed E-state index contributed by atoms with van der Waals surface area (Å²) in [6, 6.07) is 9.30. The minimum Gasteiger partial charge on any atom is -0.423 e. The molecular formula is C11H10N2O2. The van der Waals surface area contributed by atoms with E-state index < -0.39 is 0 Å². The smallest absolute Gasteiger partial charge is 0.293 e. The lowest BCUT2D eigenvalue weighted by molar-refractivity contribution is 0.101. The van der Waals surface area contributed by atoms with Gasteiger partial charge < -0.3 is 10.2 Å². The van der Waals surface area contributed by atoms with Crippen LogP contribution in [0.4, 0.5) is 6.01 Å². The summed E-state index contributed by atoms with van der Waals surface area (Å²) in [5, 5.41) is 0. The van der Waals surface area contributed by atoms with Crippen molar-refractivity contribution in [1.82, 2.24) is 4.98 Å². The van der Waals surface area contributed by atoms with E-state index in [2.05, 4.69) is 4.98 Å². The van der Waals surface area contributed by atoms with E-state index in [4.69, 9.17) is 10.2 Å². The Morgan fingerprint density at radius 1 is 1.33 bits per heavy atom. The van der Waals surface area contributed by atoms with Gasteiger partial charge in [-0.2, -0.15) is 4.98 Å². The number of nitrogens with two attached hydrogens (primary N) is 1. The number of nitrogen functional groups attached to an aromatic ring is 1. The number of Topliss-reactive ketones (excluding diaryl/α,β-unsaturated/α-hetero) is 1. The highest BCUT2D eigenvalue weighted by Crippen LogP contribution is 2.25. The van der Waals surface area contributed by atoms with Gasteiger partial charge in [-0.1, -0.05) is 30.3 Å². The fourth-order valence-electron chi connectivity index (χ4n) is 1.36. The van der Waals surface area contributed by atoms with Gasteiger partial charge in [-0.25, -0.2) is 0 Å². The molecule has 2 rings (SSSR count). The van der Waals surface area contributed by atoms with Crippen molar-refractivity contribution in [3.05, 3.63) is 36.0 Å². The minimum atomic E-state index is -0.158. The topological polar surface area (TPSA) is 69.1 Å². The van der Waals surface area contributed by atoms with Crippen molar-refractivity contribution in [2.45, 2.75) is 6.92 Å². The third kappa shape index (κ3) is 1.74. The molecule has 2 aromatic rings. The molecule has 2 N–H and O–H groups in total. The van der Waals surface area contributed by atoms with Crippen molar-refractivity contribution >= 4 is 11.8 Å². The number of hydrogen-bond donors (Lipinski definition) is 1. The third-order valence-electron chi connectivity index (χ3n) is 2.01. The molecule has 0 aliphatic heterocycles. The molecule has 0 amide bonds. The molecule has 1 aromatic heterocycles.